The smallest absolute Gasteiger partial charge is 0.262 e. The zero-order chi connectivity index (χ0) is 19.8. The molecular formula is C23H22ClNO3. The average molecular weight is 396 g/mol. The fraction of sp³-hybridized carbons (Fsp3) is 0.174. The van der Waals surface area contributed by atoms with Gasteiger partial charge in [0.1, 0.15) is 11.5 Å². The molecule has 0 atom stereocenters. The Morgan fingerprint density at radius 1 is 0.964 bits per heavy atom. The maximum atomic E-state index is 12.1. The van der Waals surface area contributed by atoms with Gasteiger partial charge in [0.2, 0.25) is 0 Å². The van der Waals surface area contributed by atoms with Gasteiger partial charge >= 0.3 is 0 Å². The first-order valence-electron chi connectivity index (χ1n) is 9.06. The highest BCUT2D eigenvalue weighted by Crippen LogP contribution is 2.22. The maximum absolute atomic E-state index is 12.1. The van der Waals surface area contributed by atoms with Gasteiger partial charge in [-0.3, -0.25) is 4.79 Å². The highest BCUT2D eigenvalue weighted by Gasteiger charge is 2.06. The van der Waals surface area contributed by atoms with Crippen LogP contribution < -0.4 is 14.8 Å². The number of hydrogen-bond acceptors (Lipinski definition) is 3. The van der Waals surface area contributed by atoms with E-state index >= 15 is 0 Å². The molecular weight excluding hydrogens is 374 g/mol. The van der Waals surface area contributed by atoms with Crippen molar-refractivity contribution in [1.82, 2.24) is 0 Å². The quantitative estimate of drug-likeness (QED) is 0.564. The Labute approximate surface area is 170 Å². The standard InChI is InChI=1S/C23H22ClNO3/c1-17-15-19(24)7-12-22(17)28-16-23(26)25-20-8-10-21(11-9-20)27-14-13-18-5-3-2-4-6-18/h2-12,15H,13-14,16H2,1H3,(H,25,26). The lowest BCUT2D eigenvalue weighted by Crippen LogP contribution is -2.20. The summed E-state index contributed by atoms with van der Waals surface area (Å²) >= 11 is 5.92. The summed E-state index contributed by atoms with van der Waals surface area (Å²) in [6.07, 6.45) is 0.848. The Hall–Kier alpha value is -2.98. The predicted octanol–water partition coefficient (Wildman–Crippen LogP) is 5.29. The summed E-state index contributed by atoms with van der Waals surface area (Å²) < 4.78 is 11.3. The Balaban J connectivity index is 1.43. The van der Waals surface area contributed by atoms with E-state index in [1.54, 1.807) is 18.2 Å². The normalized spacial score (nSPS) is 10.4. The number of rotatable bonds is 8. The zero-order valence-corrected chi connectivity index (χ0v) is 16.4. The number of amides is 1. The van der Waals surface area contributed by atoms with Crippen LogP contribution in [0.3, 0.4) is 0 Å². The molecule has 0 aliphatic rings. The minimum absolute atomic E-state index is 0.0716. The SMILES string of the molecule is Cc1cc(Cl)ccc1OCC(=O)Nc1ccc(OCCc2ccccc2)cc1. The molecule has 28 heavy (non-hydrogen) atoms. The fourth-order valence-electron chi connectivity index (χ4n) is 2.68. The van der Waals surface area contributed by atoms with E-state index in [2.05, 4.69) is 17.4 Å². The van der Waals surface area contributed by atoms with Gasteiger partial charge in [0.15, 0.2) is 6.61 Å². The molecule has 0 saturated heterocycles. The first-order valence-corrected chi connectivity index (χ1v) is 9.43. The van der Waals surface area contributed by atoms with E-state index in [0.29, 0.717) is 23.1 Å². The van der Waals surface area contributed by atoms with E-state index in [9.17, 15) is 4.79 Å². The highest BCUT2D eigenvalue weighted by molar-refractivity contribution is 6.30. The zero-order valence-electron chi connectivity index (χ0n) is 15.7. The van der Waals surface area contributed by atoms with Crippen molar-refractivity contribution in [2.24, 2.45) is 0 Å². The lowest BCUT2D eigenvalue weighted by Gasteiger charge is -2.11. The van der Waals surface area contributed by atoms with Gasteiger partial charge in [-0.2, -0.15) is 0 Å². The van der Waals surface area contributed by atoms with Crippen LogP contribution in [0.25, 0.3) is 0 Å². The van der Waals surface area contributed by atoms with E-state index in [0.717, 1.165) is 17.7 Å². The second kappa shape index (κ2) is 9.81. The van der Waals surface area contributed by atoms with Gasteiger partial charge in [-0.15, -0.1) is 0 Å². The number of benzene rings is 3. The molecule has 0 fully saturated rings. The summed E-state index contributed by atoms with van der Waals surface area (Å²) in [7, 11) is 0. The molecule has 3 rings (SSSR count). The van der Waals surface area contributed by atoms with Crippen LogP contribution in [0.15, 0.2) is 72.8 Å². The van der Waals surface area contributed by atoms with Crippen molar-refractivity contribution in [3.05, 3.63) is 88.9 Å². The summed E-state index contributed by atoms with van der Waals surface area (Å²) in [6.45, 7) is 2.41. The van der Waals surface area contributed by atoms with E-state index in [-0.39, 0.29) is 12.5 Å². The fourth-order valence-corrected chi connectivity index (χ4v) is 2.91. The first kappa shape index (κ1) is 19.8. The molecule has 0 spiro atoms. The molecule has 3 aromatic rings. The van der Waals surface area contributed by atoms with Gasteiger partial charge in [0.05, 0.1) is 6.61 Å². The highest BCUT2D eigenvalue weighted by atomic mass is 35.5. The van der Waals surface area contributed by atoms with Gasteiger partial charge in [0.25, 0.3) is 5.91 Å². The topological polar surface area (TPSA) is 47.6 Å². The molecule has 0 aliphatic heterocycles. The number of anilines is 1. The average Bonchev–Trinajstić information content (AvgIpc) is 2.69. The molecule has 144 valence electrons. The number of carbonyl (C=O) groups is 1. The molecule has 1 N–H and O–H groups in total. The molecule has 0 unspecified atom stereocenters. The Morgan fingerprint density at radius 2 is 1.71 bits per heavy atom. The number of ether oxygens (including phenoxy) is 2. The Morgan fingerprint density at radius 3 is 2.43 bits per heavy atom. The van der Waals surface area contributed by atoms with Crippen molar-refractivity contribution >= 4 is 23.2 Å². The molecule has 3 aromatic carbocycles. The minimum atomic E-state index is -0.230. The Kier molecular flexibility index (Phi) is 6.93. The van der Waals surface area contributed by atoms with Crippen LogP contribution in [-0.4, -0.2) is 19.1 Å². The lowest BCUT2D eigenvalue weighted by molar-refractivity contribution is -0.118. The number of carbonyl (C=O) groups excluding carboxylic acids is 1. The number of nitrogens with one attached hydrogen (secondary N) is 1. The van der Waals surface area contributed by atoms with Crippen LogP contribution >= 0.6 is 11.6 Å². The number of aryl methyl sites for hydroxylation is 1. The van der Waals surface area contributed by atoms with Crippen LogP contribution in [0.1, 0.15) is 11.1 Å². The number of halogens is 1. The van der Waals surface area contributed by atoms with Crippen LogP contribution in [0.2, 0.25) is 5.02 Å². The van der Waals surface area contributed by atoms with Crippen LogP contribution in [0.5, 0.6) is 11.5 Å². The molecule has 0 aromatic heterocycles. The molecule has 1 amide bonds. The van der Waals surface area contributed by atoms with Crippen molar-refractivity contribution in [1.29, 1.82) is 0 Å². The largest absolute Gasteiger partial charge is 0.493 e. The van der Waals surface area contributed by atoms with Crippen LogP contribution in [-0.2, 0) is 11.2 Å². The van der Waals surface area contributed by atoms with Gasteiger partial charge < -0.3 is 14.8 Å². The second-order valence-corrected chi connectivity index (χ2v) is 6.79. The van der Waals surface area contributed by atoms with E-state index in [1.807, 2.05) is 49.4 Å². The summed E-state index contributed by atoms with van der Waals surface area (Å²) in [4.78, 5) is 12.1. The molecule has 0 radical (unpaired) electrons. The van der Waals surface area contributed by atoms with Crippen molar-refractivity contribution in [2.75, 3.05) is 18.5 Å². The van der Waals surface area contributed by atoms with Crippen LogP contribution in [0, 0.1) is 6.92 Å². The van der Waals surface area contributed by atoms with Gasteiger partial charge in [-0.1, -0.05) is 41.9 Å². The lowest BCUT2D eigenvalue weighted by atomic mass is 10.2. The minimum Gasteiger partial charge on any atom is -0.493 e. The molecule has 0 aliphatic carbocycles. The monoisotopic (exact) mass is 395 g/mol. The summed E-state index contributed by atoms with van der Waals surface area (Å²) in [5.74, 6) is 1.18. The van der Waals surface area contributed by atoms with Crippen molar-refractivity contribution in [2.45, 2.75) is 13.3 Å². The molecule has 4 nitrogen and oxygen atoms in total. The molecule has 0 heterocycles. The van der Waals surface area contributed by atoms with Crippen molar-refractivity contribution < 1.29 is 14.3 Å². The second-order valence-electron chi connectivity index (χ2n) is 6.36. The van der Waals surface area contributed by atoms with Gasteiger partial charge in [-0.05, 0) is 60.5 Å². The molecule has 5 heteroatoms. The third-order valence-electron chi connectivity index (χ3n) is 4.14. The van der Waals surface area contributed by atoms with Crippen molar-refractivity contribution in [3.8, 4) is 11.5 Å². The number of hydrogen-bond donors (Lipinski definition) is 1. The van der Waals surface area contributed by atoms with E-state index < -0.39 is 0 Å². The predicted molar refractivity (Wildman–Crippen MR) is 112 cm³/mol. The molecule has 0 saturated carbocycles. The molecule has 0 bridgehead atoms. The third kappa shape index (κ3) is 6.03. The summed E-state index contributed by atoms with van der Waals surface area (Å²) in [5.41, 5.74) is 2.82. The van der Waals surface area contributed by atoms with Gasteiger partial charge in [0, 0.05) is 17.1 Å². The van der Waals surface area contributed by atoms with Gasteiger partial charge in [-0.25, -0.2) is 0 Å². The third-order valence-corrected chi connectivity index (χ3v) is 4.37. The van der Waals surface area contributed by atoms with Crippen LogP contribution in [0.4, 0.5) is 5.69 Å². The summed E-state index contributed by atoms with van der Waals surface area (Å²) in [5, 5.41) is 3.45. The Bertz CT molecular complexity index is 911. The van der Waals surface area contributed by atoms with E-state index in [1.165, 1.54) is 5.56 Å². The van der Waals surface area contributed by atoms with Crippen molar-refractivity contribution in [3.63, 3.8) is 0 Å². The van der Waals surface area contributed by atoms with E-state index in [4.69, 9.17) is 21.1 Å². The first-order chi connectivity index (χ1) is 13.6. The maximum Gasteiger partial charge on any atom is 0.262 e. The summed E-state index contributed by atoms with van der Waals surface area (Å²) in [6, 6.07) is 22.8.